The maximum Gasteiger partial charge on any atom is 0.326 e. The zero-order valence-electron chi connectivity index (χ0n) is 10.2. The van der Waals surface area contributed by atoms with Gasteiger partial charge in [-0.25, -0.2) is 4.79 Å². The van der Waals surface area contributed by atoms with Crippen LogP contribution >= 0.6 is 11.3 Å². The Hall–Kier alpha value is -1.36. The Morgan fingerprint density at radius 1 is 1.47 bits per heavy atom. The van der Waals surface area contributed by atoms with E-state index in [9.17, 15) is 9.59 Å². The summed E-state index contributed by atoms with van der Waals surface area (Å²) in [7, 11) is 0. The maximum atomic E-state index is 11.8. The summed E-state index contributed by atoms with van der Waals surface area (Å²) in [5.41, 5.74) is 0. The van der Waals surface area contributed by atoms with Crippen LogP contribution in [0.5, 0.6) is 0 Å². The third-order valence-electron chi connectivity index (χ3n) is 2.73. The number of hydrogen-bond donors (Lipinski definition) is 2. The van der Waals surface area contributed by atoms with Crippen LogP contribution < -0.4 is 5.32 Å². The van der Waals surface area contributed by atoms with E-state index >= 15 is 0 Å². The molecule has 0 spiro atoms. The van der Waals surface area contributed by atoms with E-state index in [-0.39, 0.29) is 11.8 Å². The lowest BCUT2D eigenvalue weighted by Gasteiger charge is -2.19. The molecule has 0 unspecified atom stereocenters. The van der Waals surface area contributed by atoms with Crippen LogP contribution in [0.4, 0.5) is 0 Å². The minimum atomic E-state index is -0.985. The van der Waals surface area contributed by atoms with Crippen molar-refractivity contribution in [2.45, 2.75) is 33.2 Å². The van der Waals surface area contributed by atoms with Gasteiger partial charge in [0.15, 0.2) is 0 Å². The normalized spacial score (nSPS) is 14.1. The van der Waals surface area contributed by atoms with Gasteiger partial charge in [-0.3, -0.25) is 4.79 Å². The van der Waals surface area contributed by atoms with Gasteiger partial charge in [0.25, 0.3) is 5.91 Å². The van der Waals surface area contributed by atoms with Gasteiger partial charge >= 0.3 is 5.97 Å². The summed E-state index contributed by atoms with van der Waals surface area (Å²) < 4.78 is 0. The lowest BCUT2D eigenvalue weighted by Crippen LogP contribution is -2.44. The Labute approximate surface area is 105 Å². The van der Waals surface area contributed by atoms with Crippen molar-refractivity contribution in [3.05, 3.63) is 21.9 Å². The Bertz CT molecular complexity index is 414. The number of amides is 1. The van der Waals surface area contributed by atoms with Crippen molar-refractivity contribution < 1.29 is 14.7 Å². The number of carboxylic acids is 1. The number of carboxylic acid groups (broad SMARTS) is 1. The fraction of sp³-hybridized carbons (Fsp3) is 0.500. The van der Waals surface area contributed by atoms with Crippen LogP contribution in [0.3, 0.4) is 0 Å². The molecule has 5 heteroatoms. The van der Waals surface area contributed by atoms with Gasteiger partial charge in [-0.05, 0) is 25.0 Å². The SMILES string of the molecule is CC[C@H](C)[C@H](NC(=O)c1ccc(C)s1)C(=O)O. The van der Waals surface area contributed by atoms with Gasteiger partial charge in [0.2, 0.25) is 0 Å². The molecule has 0 aromatic carbocycles. The van der Waals surface area contributed by atoms with Gasteiger partial charge in [0.1, 0.15) is 6.04 Å². The fourth-order valence-electron chi connectivity index (χ4n) is 1.45. The van der Waals surface area contributed by atoms with E-state index in [1.165, 1.54) is 11.3 Å². The Morgan fingerprint density at radius 3 is 2.53 bits per heavy atom. The largest absolute Gasteiger partial charge is 0.480 e. The molecule has 1 aromatic heterocycles. The number of aliphatic carboxylic acids is 1. The van der Waals surface area contributed by atoms with E-state index in [1.807, 2.05) is 26.8 Å². The molecule has 0 aliphatic rings. The van der Waals surface area contributed by atoms with E-state index in [2.05, 4.69) is 5.32 Å². The van der Waals surface area contributed by atoms with E-state index in [0.717, 1.165) is 4.88 Å². The molecule has 1 heterocycles. The van der Waals surface area contributed by atoms with Gasteiger partial charge < -0.3 is 10.4 Å². The molecule has 0 aliphatic heterocycles. The minimum absolute atomic E-state index is 0.0856. The summed E-state index contributed by atoms with van der Waals surface area (Å²) >= 11 is 1.36. The first kappa shape index (κ1) is 13.7. The molecular formula is C12H17NO3S. The highest BCUT2D eigenvalue weighted by atomic mass is 32.1. The number of nitrogens with one attached hydrogen (secondary N) is 1. The lowest BCUT2D eigenvalue weighted by molar-refractivity contribution is -0.140. The Balaban J connectivity index is 2.74. The van der Waals surface area contributed by atoms with Gasteiger partial charge in [0, 0.05) is 4.88 Å². The van der Waals surface area contributed by atoms with E-state index in [4.69, 9.17) is 5.11 Å². The van der Waals surface area contributed by atoms with Crippen LogP contribution in [0.25, 0.3) is 0 Å². The number of aryl methyl sites for hydroxylation is 1. The molecule has 0 bridgehead atoms. The van der Waals surface area contributed by atoms with Gasteiger partial charge in [-0.1, -0.05) is 20.3 Å². The molecule has 0 saturated carbocycles. The summed E-state index contributed by atoms with van der Waals surface area (Å²) in [6, 6.07) is 2.73. The molecule has 0 saturated heterocycles. The predicted molar refractivity (Wildman–Crippen MR) is 67.4 cm³/mol. The average molecular weight is 255 g/mol. The first-order valence-corrected chi connectivity index (χ1v) is 6.37. The average Bonchev–Trinajstić information content (AvgIpc) is 2.71. The van der Waals surface area contributed by atoms with Crippen molar-refractivity contribution in [3.8, 4) is 0 Å². The number of thiophene rings is 1. The van der Waals surface area contributed by atoms with Crippen molar-refractivity contribution in [2.24, 2.45) is 5.92 Å². The molecule has 94 valence electrons. The first-order valence-electron chi connectivity index (χ1n) is 5.55. The molecule has 0 fully saturated rings. The summed E-state index contributed by atoms with van der Waals surface area (Å²) in [5, 5.41) is 11.6. The monoisotopic (exact) mass is 255 g/mol. The second-order valence-electron chi connectivity index (χ2n) is 4.09. The van der Waals surface area contributed by atoms with Crippen LogP contribution in [0.15, 0.2) is 12.1 Å². The van der Waals surface area contributed by atoms with Crippen LogP contribution in [-0.4, -0.2) is 23.0 Å². The second kappa shape index (κ2) is 5.82. The molecule has 2 N–H and O–H groups in total. The molecule has 0 aliphatic carbocycles. The molecule has 1 rings (SSSR count). The zero-order chi connectivity index (χ0) is 13.0. The highest BCUT2D eigenvalue weighted by Gasteiger charge is 2.26. The van der Waals surface area contributed by atoms with Crippen molar-refractivity contribution in [1.29, 1.82) is 0 Å². The van der Waals surface area contributed by atoms with Gasteiger partial charge in [0.05, 0.1) is 4.88 Å². The van der Waals surface area contributed by atoms with Gasteiger partial charge in [-0.15, -0.1) is 11.3 Å². The van der Waals surface area contributed by atoms with Crippen LogP contribution in [0.2, 0.25) is 0 Å². The van der Waals surface area contributed by atoms with Crippen molar-refractivity contribution in [1.82, 2.24) is 5.32 Å². The highest BCUT2D eigenvalue weighted by molar-refractivity contribution is 7.13. The number of carbonyl (C=O) groups excluding carboxylic acids is 1. The molecule has 1 amide bonds. The molecule has 0 radical (unpaired) electrons. The summed E-state index contributed by atoms with van der Waals surface area (Å²) in [5.74, 6) is -1.38. The smallest absolute Gasteiger partial charge is 0.326 e. The topological polar surface area (TPSA) is 66.4 Å². The molecular weight excluding hydrogens is 238 g/mol. The summed E-state index contributed by atoms with van der Waals surface area (Å²) in [6.45, 7) is 5.63. The first-order chi connectivity index (χ1) is 7.95. The van der Waals surface area contributed by atoms with Gasteiger partial charge in [-0.2, -0.15) is 0 Å². The number of carbonyl (C=O) groups is 2. The van der Waals surface area contributed by atoms with E-state index in [1.54, 1.807) is 6.07 Å². The van der Waals surface area contributed by atoms with Crippen LogP contribution in [-0.2, 0) is 4.79 Å². The van der Waals surface area contributed by atoms with Crippen LogP contribution in [0, 0.1) is 12.8 Å². The zero-order valence-corrected chi connectivity index (χ0v) is 11.0. The van der Waals surface area contributed by atoms with Crippen molar-refractivity contribution in [3.63, 3.8) is 0 Å². The van der Waals surface area contributed by atoms with Crippen LogP contribution in [0.1, 0.15) is 34.8 Å². The van der Waals surface area contributed by atoms with Crippen molar-refractivity contribution in [2.75, 3.05) is 0 Å². The third-order valence-corrected chi connectivity index (χ3v) is 3.73. The fourth-order valence-corrected chi connectivity index (χ4v) is 2.22. The van der Waals surface area contributed by atoms with E-state index in [0.29, 0.717) is 11.3 Å². The standard InChI is InChI=1S/C12H17NO3S/c1-4-7(2)10(12(15)16)13-11(14)9-6-5-8(3)17-9/h5-7,10H,4H2,1-3H3,(H,13,14)(H,15,16)/t7-,10-/m0/s1. The minimum Gasteiger partial charge on any atom is -0.480 e. The lowest BCUT2D eigenvalue weighted by atomic mass is 9.99. The molecule has 1 aromatic rings. The second-order valence-corrected chi connectivity index (χ2v) is 5.37. The Morgan fingerprint density at radius 2 is 2.12 bits per heavy atom. The van der Waals surface area contributed by atoms with Crippen molar-refractivity contribution >= 4 is 23.2 Å². The quantitative estimate of drug-likeness (QED) is 0.848. The molecule has 4 nitrogen and oxygen atoms in total. The molecule has 17 heavy (non-hydrogen) atoms. The summed E-state index contributed by atoms with van der Waals surface area (Å²) in [4.78, 5) is 24.5. The highest BCUT2D eigenvalue weighted by Crippen LogP contribution is 2.16. The Kier molecular flexibility index (Phi) is 4.69. The number of hydrogen-bond acceptors (Lipinski definition) is 3. The van der Waals surface area contributed by atoms with E-state index < -0.39 is 12.0 Å². The number of rotatable bonds is 5. The molecule has 2 atom stereocenters. The maximum absolute atomic E-state index is 11.8. The summed E-state index contributed by atoms with van der Waals surface area (Å²) in [6.07, 6.45) is 0.709. The third kappa shape index (κ3) is 3.56. The predicted octanol–water partition coefficient (Wildman–Crippen LogP) is 2.29.